The van der Waals surface area contributed by atoms with E-state index < -0.39 is 0 Å². The number of hydrogen-bond donors (Lipinski definition) is 3. The molecule has 5 rings (SSSR count). The van der Waals surface area contributed by atoms with Gasteiger partial charge in [0, 0.05) is 21.8 Å². The van der Waals surface area contributed by atoms with Crippen molar-refractivity contribution in [2.24, 2.45) is 0 Å². The molecule has 0 spiro atoms. The minimum atomic E-state index is -0.149. The summed E-state index contributed by atoms with van der Waals surface area (Å²) in [6.07, 6.45) is 3.63. The second-order valence-electron chi connectivity index (χ2n) is 6.70. The molecular formula is C20H17N5OS. The monoisotopic (exact) mass is 375 g/mol. The van der Waals surface area contributed by atoms with Crippen LogP contribution in [0.3, 0.4) is 0 Å². The summed E-state index contributed by atoms with van der Waals surface area (Å²) in [6.45, 7) is 0. The molecule has 0 aliphatic heterocycles. The van der Waals surface area contributed by atoms with Crippen LogP contribution in [0.4, 0.5) is 16.3 Å². The molecule has 1 fully saturated rings. The van der Waals surface area contributed by atoms with Crippen molar-refractivity contribution in [2.45, 2.75) is 18.9 Å². The van der Waals surface area contributed by atoms with Crippen molar-refractivity contribution in [3.05, 3.63) is 48.8 Å². The molecular weight excluding hydrogens is 358 g/mol. The van der Waals surface area contributed by atoms with Crippen LogP contribution in [-0.4, -0.2) is 22.0 Å². The van der Waals surface area contributed by atoms with Gasteiger partial charge in [-0.05, 0) is 42.2 Å². The Morgan fingerprint density at radius 3 is 2.81 bits per heavy atom. The fourth-order valence-corrected chi connectivity index (χ4v) is 4.23. The maximum Gasteiger partial charge on any atom is 0.319 e. The van der Waals surface area contributed by atoms with E-state index in [0.717, 1.165) is 50.0 Å². The van der Waals surface area contributed by atoms with Crippen molar-refractivity contribution in [1.29, 1.82) is 0 Å². The third-order valence-electron chi connectivity index (χ3n) is 4.65. The highest BCUT2D eigenvalue weighted by molar-refractivity contribution is 7.26. The summed E-state index contributed by atoms with van der Waals surface area (Å²) in [7, 11) is 0. The molecule has 2 amide bonds. The number of carbonyl (C=O) groups is 1. The predicted octanol–water partition coefficient (Wildman–Crippen LogP) is 4.38. The summed E-state index contributed by atoms with van der Waals surface area (Å²) in [5, 5.41) is 6.92. The van der Waals surface area contributed by atoms with Gasteiger partial charge in [-0.3, -0.25) is 0 Å². The quantitative estimate of drug-likeness (QED) is 0.495. The Hall–Kier alpha value is -3.19. The van der Waals surface area contributed by atoms with Crippen LogP contribution in [0.1, 0.15) is 12.8 Å². The fourth-order valence-electron chi connectivity index (χ4n) is 3.13. The highest BCUT2D eigenvalue weighted by Crippen LogP contribution is 2.37. The van der Waals surface area contributed by atoms with Crippen molar-refractivity contribution in [1.82, 2.24) is 15.3 Å². The van der Waals surface area contributed by atoms with E-state index in [-0.39, 0.29) is 6.03 Å². The number of carbonyl (C=O) groups excluding carboxylic acids is 1. The molecule has 0 saturated heterocycles. The van der Waals surface area contributed by atoms with Gasteiger partial charge in [0.25, 0.3) is 0 Å². The zero-order valence-electron chi connectivity index (χ0n) is 14.4. The first-order valence-electron chi connectivity index (χ1n) is 8.78. The van der Waals surface area contributed by atoms with Gasteiger partial charge >= 0.3 is 6.03 Å². The molecule has 0 radical (unpaired) electrons. The molecule has 0 atom stereocenters. The standard InChI is InChI=1S/C20H17N5OS/c21-19-18-17(22-10-23-19)15-7-4-12(9-16(15)27-18)11-2-1-3-14(8-11)25-20(26)24-13-5-6-13/h1-4,7-10,13H,5-6H2,(H2,21,22,23)(H2,24,25,26). The third kappa shape index (κ3) is 3.06. The molecule has 1 aliphatic rings. The highest BCUT2D eigenvalue weighted by Gasteiger charge is 2.23. The van der Waals surface area contributed by atoms with Gasteiger partial charge in [-0.1, -0.05) is 24.3 Å². The Morgan fingerprint density at radius 1 is 1.11 bits per heavy atom. The van der Waals surface area contributed by atoms with Gasteiger partial charge in [-0.25, -0.2) is 14.8 Å². The molecule has 1 saturated carbocycles. The molecule has 2 aromatic carbocycles. The molecule has 7 heteroatoms. The zero-order chi connectivity index (χ0) is 18.4. The van der Waals surface area contributed by atoms with Crippen LogP contribution in [0.15, 0.2) is 48.8 Å². The number of nitrogens with zero attached hydrogens (tertiary/aromatic N) is 2. The first kappa shape index (κ1) is 16.0. The van der Waals surface area contributed by atoms with E-state index in [4.69, 9.17) is 5.73 Å². The number of thiophene rings is 1. The first-order valence-corrected chi connectivity index (χ1v) is 9.60. The minimum absolute atomic E-state index is 0.149. The minimum Gasteiger partial charge on any atom is -0.382 e. The molecule has 4 aromatic rings. The predicted molar refractivity (Wildman–Crippen MR) is 110 cm³/mol. The highest BCUT2D eigenvalue weighted by atomic mass is 32.1. The van der Waals surface area contributed by atoms with E-state index in [0.29, 0.717) is 11.9 Å². The smallest absolute Gasteiger partial charge is 0.319 e. The Bertz CT molecular complexity index is 1180. The van der Waals surface area contributed by atoms with Crippen molar-refractivity contribution < 1.29 is 4.79 Å². The fraction of sp³-hybridized carbons (Fsp3) is 0.150. The third-order valence-corrected chi connectivity index (χ3v) is 5.81. The Morgan fingerprint density at radius 2 is 1.96 bits per heavy atom. The van der Waals surface area contributed by atoms with Crippen molar-refractivity contribution in [3.8, 4) is 11.1 Å². The van der Waals surface area contributed by atoms with Gasteiger partial charge in [0.1, 0.15) is 12.1 Å². The summed E-state index contributed by atoms with van der Waals surface area (Å²) < 4.78 is 2.02. The van der Waals surface area contributed by atoms with Gasteiger partial charge < -0.3 is 16.4 Å². The number of nitrogens with one attached hydrogen (secondary N) is 2. The topological polar surface area (TPSA) is 92.9 Å². The molecule has 0 bridgehead atoms. The molecule has 134 valence electrons. The average molecular weight is 375 g/mol. The number of nitrogen functional groups attached to an aromatic ring is 1. The number of anilines is 2. The van der Waals surface area contributed by atoms with Gasteiger partial charge in [0.2, 0.25) is 0 Å². The van der Waals surface area contributed by atoms with Gasteiger partial charge in [0.05, 0.1) is 10.2 Å². The Kier molecular flexibility index (Phi) is 3.68. The van der Waals surface area contributed by atoms with Crippen molar-refractivity contribution in [2.75, 3.05) is 11.1 Å². The van der Waals surface area contributed by atoms with E-state index in [1.165, 1.54) is 6.33 Å². The van der Waals surface area contributed by atoms with E-state index in [1.54, 1.807) is 11.3 Å². The number of benzene rings is 2. The Balaban J connectivity index is 1.49. The van der Waals surface area contributed by atoms with E-state index in [2.05, 4.69) is 38.8 Å². The van der Waals surface area contributed by atoms with Gasteiger partial charge in [-0.2, -0.15) is 0 Å². The lowest BCUT2D eigenvalue weighted by atomic mass is 10.0. The van der Waals surface area contributed by atoms with Crippen LogP contribution in [0.5, 0.6) is 0 Å². The lowest BCUT2D eigenvalue weighted by molar-refractivity contribution is 0.251. The number of amides is 2. The van der Waals surface area contributed by atoms with Crippen LogP contribution >= 0.6 is 11.3 Å². The molecule has 27 heavy (non-hydrogen) atoms. The van der Waals surface area contributed by atoms with Gasteiger partial charge in [-0.15, -0.1) is 11.3 Å². The first-order chi connectivity index (χ1) is 13.2. The summed E-state index contributed by atoms with van der Waals surface area (Å²) in [5.41, 5.74) is 9.77. The largest absolute Gasteiger partial charge is 0.382 e. The lowest BCUT2D eigenvalue weighted by Crippen LogP contribution is -2.30. The summed E-state index contributed by atoms with van der Waals surface area (Å²) in [5.74, 6) is 0.510. The van der Waals surface area contributed by atoms with E-state index >= 15 is 0 Å². The number of fused-ring (bicyclic) bond motifs is 3. The summed E-state index contributed by atoms with van der Waals surface area (Å²) >= 11 is 1.60. The summed E-state index contributed by atoms with van der Waals surface area (Å²) in [4.78, 5) is 20.4. The van der Waals surface area contributed by atoms with Crippen LogP contribution in [-0.2, 0) is 0 Å². The number of urea groups is 1. The van der Waals surface area contributed by atoms with Crippen LogP contribution in [0.2, 0.25) is 0 Å². The van der Waals surface area contributed by atoms with Crippen LogP contribution in [0.25, 0.3) is 31.4 Å². The zero-order valence-corrected chi connectivity index (χ0v) is 15.2. The summed E-state index contributed by atoms with van der Waals surface area (Å²) in [6, 6.07) is 14.3. The second-order valence-corrected chi connectivity index (χ2v) is 7.76. The average Bonchev–Trinajstić information content (AvgIpc) is 3.39. The molecule has 6 nitrogen and oxygen atoms in total. The lowest BCUT2D eigenvalue weighted by Gasteiger charge is -2.09. The van der Waals surface area contributed by atoms with E-state index in [9.17, 15) is 4.79 Å². The number of aromatic nitrogens is 2. The second kappa shape index (κ2) is 6.21. The van der Waals surface area contributed by atoms with Crippen LogP contribution in [0, 0.1) is 0 Å². The maximum atomic E-state index is 12.0. The Labute approximate surface area is 159 Å². The molecule has 2 heterocycles. The van der Waals surface area contributed by atoms with Gasteiger partial charge in [0.15, 0.2) is 0 Å². The normalized spacial score (nSPS) is 13.8. The molecule has 2 aromatic heterocycles. The number of rotatable bonds is 3. The maximum absolute atomic E-state index is 12.0. The molecule has 4 N–H and O–H groups in total. The number of hydrogen-bond acceptors (Lipinski definition) is 5. The van der Waals surface area contributed by atoms with Crippen LogP contribution < -0.4 is 16.4 Å². The van der Waals surface area contributed by atoms with Crippen molar-refractivity contribution in [3.63, 3.8) is 0 Å². The van der Waals surface area contributed by atoms with Crippen molar-refractivity contribution >= 4 is 49.2 Å². The van der Waals surface area contributed by atoms with E-state index in [1.807, 2.05) is 24.3 Å². The molecule has 0 unspecified atom stereocenters. The number of nitrogens with two attached hydrogens (primary N) is 1. The SMILES string of the molecule is Nc1ncnc2c1sc1cc(-c3cccc(NC(=O)NC4CC4)c3)ccc12. The molecule has 1 aliphatic carbocycles.